The van der Waals surface area contributed by atoms with Crippen LogP contribution in [0.15, 0.2) is 18.5 Å². The molecule has 3 nitrogen and oxygen atoms in total. The summed E-state index contributed by atoms with van der Waals surface area (Å²) < 4.78 is 0. The summed E-state index contributed by atoms with van der Waals surface area (Å²) in [5.41, 5.74) is 7.68. The molecule has 0 aliphatic heterocycles. The molecule has 0 saturated carbocycles. The molecule has 0 spiro atoms. The molecule has 1 aromatic heterocycles. The van der Waals surface area contributed by atoms with Crippen LogP contribution >= 0.6 is 0 Å². The van der Waals surface area contributed by atoms with Gasteiger partial charge in [-0.2, -0.15) is 0 Å². The van der Waals surface area contributed by atoms with Crippen molar-refractivity contribution in [3.63, 3.8) is 0 Å². The SMILES string of the molecule is CC(Nc1cnccc1N)C(C)(C)C. The number of hydrogen-bond donors (Lipinski definition) is 2. The van der Waals surface area contributed by atoms with Crippen molar-refractivity contribution in [3.8, 4) is 0 Å². The van der Waals surface area contributed by atoms with Crippen LogP contribution in [-0.4, -0.2) is 11.0 Å². The highest BCUT2D eigenvalue weighted by atomic mass is 15.0. The van der Waals surface area contributed by atoms with Gasteiger partial charge in [0, 0.05) is 12.2 Å². The highest BCUT2D eigenvalue weighted by Crippen LogP contribution is 2.24. The van der Waals surface area contributed by atoms with Gasteiger partial charge in [-0.05, 0) is 18.4 Å². The van der Waals surface area contributed by atoms with Gasteiger partial charge >= 0.3 is 0 Å². The Morgan fingerprint density at radius 3 is 2.57 bits per heavy atom. The molecule has 14 heavy (non-hydrogen) atoms. The zero-order chi connectivity index (χ0) is 10.8. The number of nitrogen functional groups attached to an aromatic ring is 1. The van der Waals surface area contributed by atoms with E-state index in [1.54, 1.807) is 18.5 Å². The Labute approximate surface area is 85.7 Å². The van der Waals surface area contributed by atoms with Crippen molar-refractivity contribution < 1.29 is 0 Å². The van der Waals surface area contributed by atoms with Crippen LogP contribution in [0.5, 0.6) is 0 Å². The monoisotopic (exact) mass is 193 g/mol. The second kappa shape index (κ2) is 3.86. The zero-order valence-electron chi connectivity index (χ0n) is 9.33. The molecule has 78 valence electrons. The first-order valence-corrected chi connectivity index (χ1v) is 4.87. The minimum Gasteiger partial charge on any atom is -0.397 e. The van der Waals surface area contributed by atoms with Crippen molar-refractivity contribution in [2.24, 2.45) is 5.41 Å². The molecule has 1 heterocycles. The third-order valence-corrected chi connectivity index (χ3v) is 2.53. The molecule has 0 amide bonds. The van der Waals surface area contributed by atoms with Gasteiger partial charge in [0.2, 0.25) is 0 Å². The van der Waals surface area contributed by atoms with E-state index >= 15 is 0 Å². The molecule has 1 atom stereocenters. The molecule has 0 saturated heterocycles. The fourth-order valence-electron chi connectivity index (χ4n) is 0.976. The van der Waals surface area contributed by atoms with E-state index in [2.05, 4.69) is 38.0 Å². The second-order valence-corrected chi connectivity index (χ2v) is 4.69. The fourth-order valence-corrected chi connectivity index (χ4v) is 0.976. The van der Waals surface area contributed by atoms with Gasteiger partial charge in [-0.1, -0.05) is 20.8 Å². The minimum absolute atomic E-state index is 0.211. The van der Waals surface area contributed by atoms with Crippen molar-refractivity contribution in [2.75, 3.05) is 11.1 Å². The Bertz CT molecular complexity index is 302. The largest absolute Gasteiger partial charge is 0.397 e. The topological polar surface area (TPSA) is 50.9 Å². The van der Waals surface area contributed by atoms with E-state index in [4.69, 9.17) is 5.73 Å². The molecule has 0 aromatic carbocycles. The van der Waals surface area contributed by atoms with Crippen LogP contribution < -0.4 is 11.1 Å². The number of nitrogens with one attached hydrogen (secondary N) is 1. The normalized spacial score (nSPS) is 13.7. The Morgan fingerprint density at radius 2 is 2.07 bits per heavy atom. The van der Waals surface area contributed by atoms with E-state index in [0.717, 1.165) is 11.4 Å². The van der Waals surface area contributed by atoms with Gasteiger partial charge in [0.25, 0.3) is 0 Å². The van der Waals surface area contributed by atoms with Crippen LogP contribution in [-0.2, 0) is 0 Å². The van der Waals surface area contributed by atoms with Crippen molar-refractivity contribution >= 4 is 11.4 Å². The van der Waals surface area contributed by atoms with Crippen LogP contribution in [0, 0.1) is 5.41 Å². The van der Waals surface area contributed by atoms with Gasteiger partial charge in [0.15, 0.2) is 0 Å². The Hall–Kier alpha value is -1.25. The van der Waals surface area contributed by atoms with Gasteiger partial charge in [-0.3, -0.25) is 4.98 Å². The predicted octanol–water partition coefficient (Wildman–Crippen LogP) is 2.51. The molecular weight excluding hydrogens is 174 g/mol. The lowest BCUT2D eigenvalue weighted by atomic mass is 9.88. The first-order valence-electron chi connectivity index (χ1n) is 4.87. The smallest absolute Gasteiger partial charge is 0.0762 e. The van der Waals surface area contributed by atoms with E-state index in [0.29, 0.717) is 6.04 Å². The number of nitrogens with zero attached hydrogens (tertiary/aromatic N) is 1. The molecule has 0 aliphatic rings. The van der Waals surface area contributed by atoms with Crippen LogP contribution in [0.4, 0.5) is 11.4 Å². The first kappa shape index (κ1) is 10.8. The van der Waals surface area contributed by atoms with Crippen molar-refractivity contribution in [1.29, 1.82) is 0 Å². The Morgan fingerprint density at radius 1 is 1.43 bits per heavy atom. The zero-order valence-corrected chi connectivity index (χ0v) is 9.33. The second-order valence-electron chi connectivity index (χ2n) is 4.69. The number of anilines is 2. The van der Waals surface area contributed by atoms with Crippen molar-refractivity contribution in [2.45, 2.75) is 33.7 Å². The number of pyridine rings is 1. The van der Waals surface area contributed by atoms with E-state index in [9.17, 15) is 0 Å². The lowest BCUT2D eigenvalue weighted by Crippen LogP contribution is -2.31. The van der Waals surface area contributed by atoms with Crippen LogP contribution in [0.3, 0.4) is 0 Å². The summed E-state index contributed by atoms with van der Waals surface area (Å²) in [7, 11) is 0. The third kappa shape index (κ3) is 2.62. The number of aromatic nitrogens is 1. The lowest BCUT2D eigenvalue weighted by Gasteiger charge is -2.29. The number of rotatable bonds is 2. The first-order chi connectivity index (χ1) is 6.41. The molecule has 3 N–H and O–H groups in total. The van der Waals surface area contributed by atoms with Gasteiger partial charge < -0.3 is 11.1 Å². The lowest BCUT2D eigenvalue weighted by molar-refractivity contribution is 0.359. The summed E-state index contributed by atoms with van der Waals surface area (Å²) in [5.74, 6) is 0. The molecule has 1 aromatic rings. The van der Waals surface area contributed by atoms with Crippen LogP contribution in [0.2, 0.25) is 0 Å². The average molecular weight is 193 g/mol. The standard InChI is InChI=1S/C11H19N3/c1-8(11(2,3)4)14-10-7-13-6-5-9(10)12/h5-8,14H,1-4H3,(H2,12,13). The van der Waals surface area contributed by atoms with Gasteiger partial charge in [0.1, 0.15) is 0 Å². The summed E-state index contributed by atoms with van der Waals surface area (Å²) in [5, 5.41) is 3.36. The fraction of sp³-hybridized carbons (Fsp3) is 0.545. The predicted molar refractivity (Wildman–Crippen MR) is 61.2 cm³/mol. The summed E-state index contributed by atoms with van der Waals surface area (Å²) in [4.78, 5) is 4.04. The van der Waals surface area contributed by atoms with E-state index in [-0.39, 0.29) is 5.41 Å². The van der Waals surface area contributed by atoms with Crippen LogP contribution in [0.1, 0.15) is 27.7 Å². The number of nitrogens with two attached hydrogens (primary N) is 1. The van der Waals surface area contributed by atoms with Gasteiger partial charge in [-0.15, -0.1) is 0 Å². The Balaban J connectivity index is 2.75. The summed E-state index contributed by atoms with van der Waals surface area (Å²) >= 11 is 0. The molecule has 3 heteroatoms. The van der Waals surface area contributed by atoms with Crippen LogP contribution in [0.25, 0.3) is 0 Å². The molecule has 0 aliphatic carbocycles. The molecular formula is C11H19N3. The van der Waals surface area contributed by atoms with E-state index in [1.807, 2.05) is 0 Å². The molecule has 0 fully saturated rings. The number of hydrogen-bond acceptors (Lipinski definition) is 3. The highest BCUT2D eigenvalue weighted by molar-refractivity contribution is 5.64. The summed E-state index contributed by atoms with van der Waals surface area (Å²) in [6.45, 7) is 8.72. The molecule has 0 bridgehead atoms. The highest BCUT2D eigenvalue weighted by Gasteiger charge is 2.20. The maximum atomic E-state index is 5.81. The molecule has 0 radical (unpaired) electrons. The van der Waals surface area contributed by atoms with E-state index in [1.165, 1.54) is 0 Å². The van der Waals surface area contributed by atoms with Gasteiger partial charge in [-0.25, -0.2) is 0 Å². The maximum Gasteiger partial charge on any atom is 0.0762 e. The summed E-state index contributed by atoms with van der Waals surface area (Å²) in [6.07, 6.45) is 3.46. The average Bonchev–Trinajstić information content (AvgIpc) is 2.07. The molecule has 1 unspecified atom stereocenters. The van der Waals surface area contributed by atoms with Crippen molar-refractivity contribution in [1.82, 2.24) is 4.98 Å². The van der Waals surface area contributed by atoms with Crippen molar-refractivity contribution in [3.05, 3.63) is 18.5 Å². The minimum atomic E-state index is 0.211. The molecule has 1 rings (SSSR count). The third-order valence-electron chi connectivity index (χ3n) is 2.53. The van der Waals surface area contributed by atoms with E-state index < -0.39 is 0 Å². The quantitative estimate of drug-likeness (QED) is 0.758. The maximum absolute atomic E-state index is 5.81. The summed E-state index contributed by atoms with van der Waals surface area (Å²) in [6, 6.07) is 2.16. The Kier molecular flexibility index (Phi) is 2.99. The van der Waals surface area contributed by atoms with Gasteiger partial charge in [0.05, 0.1) is 17.6 Å².